The highest BCUT2D eigenvalue weighted by atomic mass is 32.1. The van der Waals surface area contributed by atoms with Gasteiger partial charge in [0.05, 0.1) is 19.5 Å². The lowest BCUT2D eigenvalue weighted by Gasteiger charge is -2.44. The largest absolute Gasteiger partial charge is 0.481 e. The van der Waals surface area contributed by atoms with E-state index >= 15 is 0 Å². The molecule has 2 fully saturated rings. The minimum Gasteiger partial charge on any atom is -0.481 e. The number of aliphatic carboxylic acids is 1. The molecule has 9 atom stereocenters. The quantitative estimate of drug-likeness (QED) is 0.0108. The number of hydrogen-bond acceptors (Lipinski definition) is 14. The molecule has 0 radical (unpaired) electrons. The van der Waals surface area contributed by atoms with E-state index in [1.54, 1.807) is 36.4 Å². The number of unbranched alkanes of at least 4 members (excludes halogenated alkanes) is 2. The molecule has 8 N–H and O–H groups in total. The Labute approximate surface area is 537 Å². The van der Waals surface area contributed by atoms with Crippen molar-refractivity contribution in [3.63, 3.8) is 0 Å². The van der Waals surface area contributed by atoms with Crippen LogP contribution in [0.3, 0.4) is 0 Å². The van der Waals surface area contributed by atoms with Crippen molar-refractivity contribution < 1.29 is 67.1 Å². The Morgan fingerprint density at radius 3 is 2.14 bits per heavy atom. The molecular weight excluding hydrogens is 1190 g/mol. The van der Waals surface area contributed by atoms with Crippen LogP contribution in [0.25, 0.3) is 0 Å². The van der Waals surface area contributed by atoms with Crippen molar-refractivity contribution in [2.24, 2.45) is 28.9 Å². The second-order valence-corrected chi connectivity index (χ2v) is 26.2. The third kappa shape index (κ3) is 19.2. The Bertz CT molecular complexity index is 3080. The first-order valence-electron chi connectivity index (χ1n) is 32.0. The molecule has 496 valence electrons. The monoisotopic (exact) mass is 1280 g/mol. The minimum absolute atomic E-state index is 0.0368. The van der Waals surface area contributed by atoms with Gasteiger partial charge in [-0.05, 0) is 87.3 Å². The van der Waals surface area contributed by atoms with Crippen molar-refractivity contribution in [3.05, 3.63) is 94.0 Å². The van der Waals surface area contributed by atoms with Crippen LogP contribution >= 0.6 is 11.3 Å². The summed E-state index contributed by atoms with van der Waals surface area (Å²) in [5.41, 5.74) is 5.92. The zero-order valence-electron chi connectivity index (χ0n) is 54.1. The Morgan fingerprint density at radius 2 is 1.55 bits per heavy atom. The fraction of sp³-hybridized carbons (Fsp3) is 0.576. The Kier molecular flexibility index (Phi) is 26.4. The molecule has 6 rings (SSSR count). The van der Waals surface area contributed by atoms with E-state index in [2.05, 4.69) is 31.6 Å². The number of nitrogens with zero attached hydrogens (tertiary/aromatic N) is 5. The van der Waals surface area contributed by atoms with Crippen molar-refractivity contribution >= 4 is 82.3 Å². The number of benzene rings is 2. The minimum atomic E-state index is -1.64. The number of thiazole rings is 1. The van der Waals surface area contributed by atoms with Gasteiger partial charge in [-0.25, -0.2) is 14.8 Å². The van der Waals surface area contributed by atoms with Gasteiger partial charge in [0.15, 0.2) is 12.1 Å². The smallest absolute Gasteiger partial charge is 0.312 e. The number of hydrazine groups is 1. The second-order valence-electron chi connectivity index (χ2n) is 25.3. The molecule has 2 aliphatic heterocycles. The van der Waals surface area contributed by atoms with E-state index < -0.39 is 101 Å². The third-order valence-corrected chi connectivity index (χ3v) is 18.9. The fourth-order valence-electron chi connectivity index (χ4n) is 12.3. The second kappa shape index (κ2) is 33.3. The number of likely N-dealkylation sites (N-methyl/N-ethyl adjacent to an activating group) is 2. The fourth-order valence-corrected chi connectivity index (χ4v) is 13.1. The number of hydrogen-bond donors (Lipinski definition) is 7. The van der Waals surface area contributed by atoms with Gasteiger partial charge in [-0.15, -0.1) is 11.3 Å². The predicted molar refractivity (Wildman–Crippen MR) is 342 cm³/mol. The van der Waals surface area contributed by atoms with Crippen LogP contribution in [-0.2, 0) is 60.9 Å². The number of nitrogens with two attached hydrogens (primary N) is 1. The highest BCUT2D eigenvalue weighted by molar-refractivity contribution is 7.09. The molecule has 2 aromatic carbocycles. The molecule has 1 unspecified atom stereocenters. The van der Waals surface area contributed by atoms with E-state index in [0.29, 0.717) is 66.8 Å². The van der Waals surface area contributed by atoms with Crippen LogP contribution in [-0.4, -0.2) is 159 Å². The molecule has 25 heteroatoms. The first-order chi connectivity index (χ1) is 43.2. The maximum absolute atomic E-state index is 14.9. The number of carboxylic acids is 1. The molecule has 10 amide bonds. The number of aromatic nitrogens is 1. The number of carboxylic acid groups (broad SMARTS) is 1. The van der Waals surface area contributed by atoms with Crippen LogP contribution in [0.4, 0.5) is 10.5 Å². The van der Waals surface area contributed by atoms with Crippen molar-refractivity contribution in [2.75, 3.05) is 39.0 Å². The number of urea groups is 1. The molecule has 1 saturated heterocycles. The number of imide groups is 1. The van der Waals surface area contributed by atoms with Gasteiger partial charge in [0.25, 0.3) is 29.5 Å². The molecule has 0 bridgehead atoms. The van der Waals surface area contributed by atoms with Crippen molar-refractivity contribution in [2.45, 2.75) is 188 Å². The lowest BCUT2D eigenvalue weighted by molar-refractivity contribution is -0.942. The molecule has 3 aromatic rings. The van der Waals surface area contributed by atoms with Gasteiger partial charge in [-0.1, -0.05) is 110 Å². The highest BCUT2D eigenvalue weighted by Crippen LogP contribution is 2.44. The van der Waals surface area contributed by atoms with Crippen molar-refractivity contribution in [1.82, 2.24) is 41.2 Å². The van der Waals surface area contributed by atoms with Gasteiger partial charge >= 0.3 is 18.0 Å². The molecule has 3 aliphatic rings. The predicted octanol–water partition coefficient (Wildman–Crippen LogP) is 6.70. The normalized spacial score (nSPS) is 19.1. The first kappa shape index (κ1) is 72.0. The average Bonchev–Trinajstić information content (AvgIpc) is 1.93. The molecule has 1 aliphatic carbocycles. The highest BCUT2D eigenvalue weighted by Gasteiger charge is 2.55. The number of carbonyl (C=O) groups excluding carboxylic acids is 10. The summed E-state index contributed by atoms with van der Waals surface area (Å²) in [6.45, 7) is 13.8. The first-order valence-corrected chi connectivity index (χ1v) is 32.8. The average molecular weight is 1280 g/mol. The van der Waals surface area contributed by atoms with Crippen LogP contribution in [0.1, 0.15) is 171 Å². The summed E-state index contributed by atoms with van der Waals surface area (Å²) in [5.74, 6) is -7.22. The molecule has 1 saturated carbocycles. The zero-order chi connectivity index (χ0) is 66.7. The van der Waals surface area contributed by atoms with Crippen LogP contribution in [0.5, 0.6) is 0 Å². The number of anilines is 1. The summed E-state index contributed by atoms with van der Waals surface area (Å²) in [6.07, 6.45) is 7.77. The van der Waals surface area contributed by atoms with Crippen LogP contribution in [0, 0.1) is 23.2 Å². The van der Waals surface area contributed by atoms with Crippen LogP contribution < -0.4 is 32.3 Å². The Balaban J connectivity index is 1.13. The Morgan fingerprint density at radius 1 is 0.868 bits per heavy atom. The van der Waals surface area contributed by atoms with E-state index in [4.69, 9.17) is 10.5 Å². The number of ether oxygens (including phenoxy) is 1. The molecular formula is C66H94N11O13S+. The molecule has 0 spiro atoms. The topological polar surface area (TPSA) is 326 Å². The van der Waals surface area contributed by atoms with Gasteiger partial charge in [0, 0.05) is 80.8 Å². The number of carbonyl (C=O) groups is 11. The molecule has 3 heterocycles. The van der Waals surface area contributed by atoms with E-state index in [-0.39, 0.29) is 81.0 Å². The summed E-state index contributed by atoms with van der Waals surface area (Å²) in [4.78, 5) is 154. The third-order valence-electron chi connectivity index (χ3n) is 18.0. The number of likely N-dealkylation sites (tertiary alicyclic amines) is 1. The molecule has 91 heavy (non-hydrogen) atoms. The number of nitrogens with one attached hydrogen (secondary N) is 5. The summed E-state index contributed by atoms with van der Waals surface area (Å²) in [7, 11) is 3.70. The van der Waals surface area contributed by atoms with Gasteiger partial charge in [0.2, 0.25) is 17.7 Å². The summed E-state index contributed by atoms with van der Waals surface area (Å²) in [5, 5.41) is 27.8. The maximum Gasteiger partial charge on any atom is 0.312 e. The molecule has 24 nitrogen and oxygen atoms in total. The van der Waals surface area contributed by atoms with E-state index in [0.717, 1.165) is 63.9 Å². The molecule has 1 aromatic heterocycles. The van der Waals surface area contributed by atoms with E-state index in [9.17, 15) is 57.8 Å². The number of piperidine rings is 1. The lowest BCUT2D eigenvalue weighted by Crippen LogP contribution is -2.63. The summed E-state index contributed by atoms with van der Waals surface area (Å²) in [6, 6.07) is 12.1. The maximum atomic E-state index is 14.9. The number of amides is 10. The number of primary amides is 1. The van der Waals surface area contributed by atoms with Gasteiger partial charge in [0.1, 0.15) is 34.7 Å². The van der Waals surface area contributed by atoms with Crippen LogP contribution in [0.2, 0.25) is 0 Å². The van der Waals surface area contributed by atoms with E-state index in [1.165, 1.54) is 6.92 Å². The number of rotatable bonds is 34. The number of esters is 1. The van der Waals surface area contributed by atoms with E-state index in [1.807, 2.05) is 84.1 Å². The lowest BCUT2D eigenvalue weighted by atomic mass is 9.67. The van der Waals surface area contributed by atoms with Crippen molar-refractivity contribution in [3.8, 4) is 0 Å². The number of quaternary nitrogens is 1. The van der Waals surface area contributed by atoms with Gasteiger partial charge < -0.3 is 51.5 Å². The van der Waals surface area contributed by atoms with Crippen LogP contribution in [0.15, 0.2) is 72.1 Å². The SMILES string of the molecule is CCCCCN(C(=O)C1(C(=O)N[C@@H](CCCNC(N)=O)C(=O)Nc2ccc(C[N+]3(C)CCCC[C@@H]3C(=O)N[C@H](C(=O)N(C)[C@H](C[C@@H](OC(C)=O)c3nc(C(=O)N[C@@H](Cc4ccccc4)C[C@H](C)C(=O)O)cs3)C(C)C)[C@@H](C)CC)cc2)CCC1)N1C(=O)C=CC1=O. The van der Waals surface area contributed by atoms with Crippen molar-refractivity contribution in [1.29, 1.82) is 0 Å². The van der Waals surface area contributed by atoms with Gasteiger partial charge in [-0.3, -0.25) is 47.9 Å². The zero-order valence-corrected chi connectivity index (χ0v) is 54.9. The summed E-state index contributed by atoms with van der Waals surface area (Å²) < 4.78 is 6.21. The standard InChI is InChI=1S/C66H93N11O13S/c1-10-12-17-34-75(76-54(79)29-30-55(76)80)64(88)66(31-20-32-66)63(87)72-49(23-19-33-68-65(67)89)57(81)69-47-27-25-46(26-28-47)39-77(9)35-18-16-24-52(77)59(83)73-56(42(5)11-2)61(84)74(8)51(41(3)4)38-53(90-44(7)78)60-71-50(40-91-60)58(82)70-48(36-43(6)62(85)86)37-45-21-14-13-15-22-45/h13-15,21-22,25-30,40-43,48-49,51-53,56H,10-12,16-20,23-24,31-39H2,1-9H3,(H7-,67,68,69,70,72,73,81,82,83,85,86,87,89)/p+1/t42-,43-,48+,49-,51+,52+,53+,56-,77?/m0/s1. The van der Waals surface area contributed by atoms with Gasteiger partial charge in [-0.2, -0.15) is 5.01 Å². The summed E-state index contributed by atoms with van der Waals surface area (Å²) >= 11 is 1.14. The Hall–Kier alpha value is -8.06.